The van der Waals surface area contributed by atoms with E-state index >= 15 is 0 Å². The molecule has 0 aliphatic rings. The van der Waals surface area contributed by atoms with Crippen molar-refractivity contribution in [3.8, 4) is 10.6 Å². The van der Waals surface area contributed by atoms with Crippen LogP contribution in [0.25, 0.3) is 16.3 Å². The van der Waals surface area contributed by atoms with Gasteiger partial charge in [0.25, 0.3) is 5.78 Å². The Balaban J connectivity index is 1.45. The molecular formula is C18H17N5O2S3. The molecule has 10 heteroatoms. The third-order valence-corrected chi connectivity index (χ3v) is 6.40. The second-order valence-corrected chi connectivity index (χ2v) is 8.48. The number of aryl methyl sites for hydroxylation is 2. The van der Waals surface area contributed by atoms with Crippen LogP contribution in [0.1, 0.15) is 22.6 Å². The highest BCUT2D eigenvalue weighted by Crippen LogP contribution is 2.26. The summed E-state index contributed by atoms with van der Waals surface area (Å²) in [5, 5.41) is 12.0. The number of ether oxygens (including phenoxy) is 1. The van der Waals surface area contributed by atoms with Gasteiger partial charge in [-0.05, 0) is 31.5 Å². The predicted octanol–water partition coefficient (Wildman–Crippen LogP) is 3.93. The van der Waals surface area contributed by atoms with Crippen molar-refractivity contribution < 1.29 is 9.53 Å². The van der Waals surface area contributed by atoms with Crippen molar-refractivity contribution in [2.75, 3.05) is 6.26 Å². The SMILES string of the molecule is CSc1nc2nc(C)c(CC(=O)OCc3csc(-c4ccsc4)n3)c(C)n2n1. The highest BCUT2D eigenvalue weighted by Gasteiger charge is 2.17. The summed E-state index contributed by atoms with van der Waals surface area (Å²) < 4.78 is 7.12. The molecule has 0 spiro atoms. The van der Waals surface area contributed by atoms with Crippen LogP contribution in [0.2, 0.25) is 0 Å². The van der Waals surface area contributed by atoms with Gasteiger partial charge in [0.05, 0.1) is 12.1 Å². The summed E-state index contributed by atoms with van der Waals surface area (Å²) in [7, 11) is 0. The summed E-state index contributed by atoms with van der Waals surface area (Å²) in [5.74, 6) is 0.225. The molecule has 4 heterocycles. The maximum absolute atomic E-state index is 12.4. The quantitative estimate of drug-likeness (QED) is 0.338. The van der Waals surface area contributed by atoms with Gasteiger partial charge in [-0.15, -0.1) is 16.4 Å². The lowest BCUT2D eigenvalue weighted by Gasteiger charge is -2.10. The molecule has 0 amide bonds. The molecule has 0 saturated heterocycles. The number of thiophene rings is 1. The number of aromatic nitrogens is 5. The van der Waals surface area contributed by atoms with E-state index in [1.54, 1.807) is 27.2 Å². The fraction of sp³-hybridized carbons (Fsp3) is 0.278. The summed E-state index contributed by atoms with van der Waals surface area (Å²) in [4.78, 5) is 25.8. The van der Waals surface area contributed by atoms with E-state index in [-0.39, 0.29) is 19.0 Å². The van der Waals surface area contributed by atoms with Gasteiger partial charge in [0.1, 0.15) is 11.6 Å². The average molecular weight is 432 g/mol. The summed E-state index contributed by atoms with van der Waals surface area (Å²) in [6.45, 7) is 3.94. The molecule has 0 bridgehead atoms. The fourth-order valence-corrected chi connectivity index (χ4v) is 4.63. The topological polar surface area (TPSA) is 82.3 Å². The van der Waals surface area contributed by atoms with Crippen LogP contribution >= 0.6 is 34.4 Å². The Morgan fingerprint density at radius 2 is 2.11 bits per heavy atom. The molecule has 0 radical (unpaired) electrons. The number of fused-ring (bicyclic) bond motifs is 1. The van der Waals surface area contributed by atoms with Crippen molar-refractivity contribution in [2.24, 2.45) is 0 Å². The third kappa shape index (κ3) is 3.80. The first-order valence-electron chi connectivity index (χ1n) is 8.44. The van der Waals surface area contributed by atoms with Gasteiger partial charge in [-0.1, -0.05) is 11.8 Å². The minimum Gasteiger partial charge on any atom is -0.459 e. The fourth-order valence-electron chi connectivity index (χ4n) is 2.77. The maximum Gasteiger partial charge on any atom is 0.310 e. The van der Waals surface area contributed by atoms with Crippen molar-refractivity contribution in [3.05, 3.63) is 44.9 Å². The van der Waals surface area contributed by atoms with Gasteiger partial charge >= 0.3 is 5.97 Å². The van der Waals surface area contributed by atoms with Crippen LogP contribution in [0.5, 0.6) is 0 Å². The molecule has 0 aliphatic carbocycles. The van der Waals surface area contributed by atoms with Gasteiger partial charge in [-0.2, -0.15) is 16.3 Å². The molecular weight excluding hydrogens is 414 g/mol. The zero-order chi connectivity index (χ0) is 19.7. The molecule has 0 fully saturated rings. The van der Waals surface area contributed by atoms with E-state index < -0.39 is 0 Å². The number of thioether (sulfide) groups is 1. The minimum atomic E-state index is -0.317. The lowest BCUT2D eigenvalue weighted by molar-refractivity contribution is -0.144. The first-order chi connectivity index (χ1) is 13.5. The van der Waals surface area contributed by atoms with Gasteiger partial charge in [0.2, 0.25) is 5.16 Å². The molecule has 0 atom stereocenters. The monoisotopic (exact) mass is 431 g/mol. The largest absolute Gasteiger partial charge is 0.459 e. The molecule has 0 unspecified atom stereocenters. The Morgan fingerprint density at radius 3 is 2.86 bits per heavy atom. The van der Waals surface area contributed by atoms with Crippen LogP contribution in [0.3, 0.4) is 0 Å². The normalized spacial score (nSPS) is 11.2. The number of carbonyl (C=O) groups is 1. The number of rotatable bonds is 6. The Bertz CT molecular complexity index is 1130. The van der Waals surface area contributed by atoms with Crippen LogP contribution in [0.4, 0.5) is 0 Å². The van der Waals surface area contributed by atoms with Crippen LogP contribution in [0.15, 0.2) is 27.4 Å². The number of thiazole rings is 1. The zero-order valence-electron chi connectivity index (χ0n) is 15.5. The van der Waals surface area contributed by atoms with Crippen LogP contribution in [0, 0.1) is 13.8 Å². The van der Waals surface area contributed by atoms with Crippen molar-refractivity contribution >= 4 is 46.2 Å². The van der Waals surface area contributed by atoms with Crippen LogP contribution in [-0.2, 0) is 22.6 Å². The molecule has 0 saturated carbocycles. The van der Waals surface area contributed by atoms with Gasteiger partial charge in [0.15, 0.2) is 0 Å². The first kappa shape index (κ1) is 19.0. The van der Waals surface area contributed by atoms with Gasteiger partial charge in [-0.25, -0.2) is 14.5 Å². The highest BCUT2D eigenvalue weighted by molar-refractivity contribution is 7.98. The molecule has 7 nitrogen and oxygen atoms in total. The molecule has 0 aliphatic heterocycles. The van der Waals surface area contributed by atoms with Crippen LogP contribution < -0.4 is 0 Å². The smallest absolute Gasteiger partial charge is 0.310 e. The van der Waals surface area contributed by atoms with Crippen molar-refractivity contribution in [3.63, 3.8) is 0 Å². The van der Waals surface area contributed by atoms with E-state index in [0.29, 0.717) is 10.9 Å². The van der Waals surface area contributed by atoms with Crippen molar-refractivity contribution in [2.45, 2.75) is 32.0 Å². The second-order valence-electron chi connectivity index (χ2n) is 6.06. The molecule has 4 aromatic rings. The average Bonchev–Trinajstić information content (AvgIpc) is 3.43. The summed E-state index contributed by atoms with van der Waals surface area (Å²) >= 11 is 4.63. The number of hydrogen-bond donors (Lipinski definition) is 0. The van der Waals surface area contributed by atoms with Gasteiger partial charge in [0, 0.05) is 33.3 Å². The molecule has 4 rings (SSSR count). The zero-order valence-corrected chi connectivity index (χ0v) is 18.0. The molecule has 144 valence electrons. The number of hydrogen-bond acceptors (Lipinski definition) is 9. The first-order valence-corrected chi connectivity index (χ1v) is 11.5. The van der Waals surface area contributed by atoms with Gasteiger partial charge < -0.3 is 4.74 Å². The summed E-state index contributed by atoms with van der Waals surface area (Å²) in [5.41, 5.74) is 4.27. The lowest BCUT2D eigenvalue weighted by Crippen LogP contribution is -2.13. The number of esters is 1. The molecule has 0 aromatic carbocycles. The van der Waals surface area contributed by atoms with E-state index in [1.807, 2.05) is 36.9 Å². The maximum atomic E-state index is 12.4. The van der Waals surface area contributed by atoms with Crippen LogP contribution in [-0.4, -0.2) is 36.8 Å². The Morgan fingerprint density at radius 1 is 1.25 bits per heavy atom. The van der Waals surface area contributed by atoms with E-state index in [2.05, 4.69) is 25.4 Å². The van der Waals surface area contributed by atoms with E-state index in [0.717, 1.165) is 33.2 Å². The molecule has 0 N–H and O–H groups in total. The third-order valence-electron chi connectivity index (χ3n) is 4.23. The summed E-state index contributed by atoms with van der Waals surface area (Å²) in [6, 6.07) is 2.03. The minimum absolute atomic E-state index is 0.136. The standard InChI is InChI=1S/C18H17N5O2S3/c1-10-14(11(2)23-17(19-10)21-18(22-23)26-3)6-15(24)25-7-13-9-28-16(20-13)12-4-5-27-8-12/h4-5,8-9H,6-7H2,1-3H3. The van der Waals surface area contributed by atoms with Crippen molar-refractivity contribution in [1.82, 2.24) is 24.6 Å². The van der Waals surface area contributed by atoms with E-state index in [1.165, 1.54) is 11.8 Å². The van der Waals surface area contributed by atoms with E-state index in [9.17, 15) is 4.79 Å². The Hall–Kier alpha value is -2.30. The molecule has 4 aromatic heterocycles. The molecule has 28 heavy (non-hydrogen) atoms. The predicted molar refractivity (Wildman–Crippen MR) is 111 cm³/mol. The second kappa shape index (κ2) is 7.98. The van der Waals surface area contributed by atoms with E-state index in [4.69, 9.17) is 4.74 Å². The Labute approximate surface area is 173 Å². The Kier molecular flexibility index (Phi) is 5.42. The summed E-state index contributed by atoms with van der Waals surface area (Å²) in [6.07, 6.45) is 2.05. The lowest BCUT2D eigenvalue weighted by atomic mass is 10.1. The number of carbonyl (C=O) groups excluding carboxylic acids is 1. The number of nitrogens with zero attached hydrogens (tertiary/aromatic N) is 5. The van der Waals surface area contributed by atoms with Gasteiger partial charge in [-0.3, -0.25) is 4.79 Å². The highest BCUT2D eigenvalue weighted by atomic mass is 32.2. The van der Waals surface area contributed by atoms with Crippen molar-refractivity contribution in [1.29, 1.82) is 0 Å².